The molecule has 0 atom stereocenters. The van der Waals surface area contributed by atoms with Gasteiger partial charge in [-0.3, -0.25) is 14.2 Å². The van der Waals surface area contributed by atoms with Crippen LogP contribution in [0.5, 0.6) is 0 Å². The number of aryl methyl sites for hydroxylation is 3. The van der Waals surface area contributed by atoms with Crippen molar-refractivity contribution in [3.05, 3.63) is 33.8 Å². The smallest absolute Gasteiger partial charge is 0.354 e. The Bertz CT molecular complexity index is 738. The number of carbonyl (C=O) groups is 2. The second kappa shape index (κ2) is 8.09. The molecule has 24 heavy (non-hydrogen) atoms. The lowest BCUT2D eigenvalue weighted by atomic mass is 10.3. The molecular formula is C15H20BrN5O3. The highest BCUT2D eigenvalue weighted by Gasteiger charge is 2.11. The summed E-state index contributed by atoms with van der Waals surface area (Å²) in [6, 6.07) is 1.41. The van der Waals surface area contributed by atoms with Gasteiger partial charge in [-0.15, -0.1) is 0 Å². The van der Waals surface area contributed by atoms with Gasteiger partial charge in [0.05, 0.1) is 16.7 Å². The fraction of sp³-hybridized carbons (Fsp3) is 0.467. The van der Waals surface area contributed by atoms with Gasteiger partial charge < -0.3 is 10.4 Å². The summed E-state index contributed by atoms with van der Waals surface area (Å²) >= 11 is 3.48. The van der Waals surface area contributed by atoms with Crippen molar-refractivity contribution in [2.75, 3.05) is 6.54 Å². The highest BCUT2D eigenvalue weighted by Crippen LogP contribution is 2.19. The van der Waals surface area contributed by atoms with Crippen LogP contribution in [0.4, 0.5) is 0 Å². The van der Waals surface area contributed by atoms with Gasteiger partial charge in [-0.2, -0.15) is 10.2 Å². The van der Waals surface area contributed by atoms with Crippen LogP contribution in [-0.2, 0) is 17.9 Å². The van der Waals surface area contributed by atoms with E-state index in [1.807, 2.05) is 18.5 Å². The fourth-order valence-electron chi connectivity index (χ4n) is 2.34. The number of amides is 1. The fourth-order valence-corrected chi connectivity index (χ4v) is 2.62. The summed E-state index contributed by atoms with van der Waals surface area (Å²) in [6.45, 7) is 5.44. The van der Waals surface area contributed by atoms with Crippen LogP contribution in [0.3, 0.4) is 0 Å². The molecule has 0 bridgehead atoms. The number of hydrogen-bond acceptors (Lipinski definition) is 4. The first-order valence-corrected chi connectivity index (χ1v) is 8.40. The van der Waals surface area contributed by atoms with Crippen LogP contribution in [-0.4, -0.2) is 43.1 Å². The minimum Gasteiger partial charge on any atom is -0.477 e. The van der Waals surface area contributed by atoms with Gasteiger partial charge in [0.15, 0.2) is 0 Å². The molecule has 130 valence electrons. The van der Waals surface area contributed by atoms with Crippen molar-refractivity contribution in [2.24, 2.45) is 0 Å². The Balaban J connectivity index is 1.71. The Kier molecular flexibility index (Phi) is 6.13. The van der Waals surface area contributed by atoms with Crippen LogP contribution in [0, 0.1) is 13.8 Å². The Morgan fingerprint density at radius 1 is 1.29 bits per heavy atom. The number of aromatic carboxylic acids is 1. The molecule has 0 saturated heterocycles. The number of halogens is 1. The molecule has 2 rings (SSSR count). The van der Waals surface area contributed by atoms with Crippen molar-refractivity contribution >= 4 is 27.8 Å². The molecule has 2 aromatic heterocycles. The lowest BCUT2D eigenvalue weighted by Crippen LogP contribution is -2.27. The third kappa shape index (κ3) is 4.44. The van der Waals surface area contributed by atoms with Crippen molar-refractivity contribution in [1.82, 2.24) is 24.9 Å². The standard InChI is InChI=1S/C15H20BrN5O3/c1-10-14(16)11(2)20(19-10)8-3-6-17-13(22)5-9-21-12(15(23)24)4-7-18-21/h4,7H,3,5-6,8-9H2,1-2H3,(H,17,22)(H,23,24). The van der Waals surface area contributed by atoms with Gasteiger partial charge in [0, 0.05) is 31.4 Å². The molecule has 9 heteroatoms. The summed E-state index contributed by atoms with van der Waals surface area (Å²) in [6.07, 6.45) is 2.36. The normalized spacial score (nSPS) is 10.8. The van der Waals surface area contributed by atoms with E-state index in [1.54, 1.807) is 0 Å². The molecule has 0 spiro atoms. The summed E-state index contributed by atoms with van der Waals surface area (Å²) in [5.41, 5.74) is 2.10. The Morgan fingerprint density at radius 3 is 2.67 bits per heavy atom. The van der Waals surface area contributed by atoms with Gasteiger partial charge in [0.1, 0.15) is 5.69 Å². The van der Waals surface area contributed by atoms with Gasteiger partial charge >= 0.3 is 5.97 Å². The first-order chi connectivity index (χ1) is 11.4. The second-order valence-corrected chi connectivity index (χ2v) is 6.20. The summed E-state index contributed by atoms with van der Waals surface area (Å²) in [7, 11) is 0. The lowest BCUT2D eigenvalue weighted by molar-refractivity contribution is -0.121. The van der Waals surface area contributed by atoms with Crippen LogP contribution in [0.25, 0.3) is 0 Å². The maximum atomic E-state index is 11.8. The van der Waals surface area contributed by atoms with Crippen molar-refractivity contribution in [1.29, 1.82) is 0 Å². The maximum absolute atomic E-state index is 11.8. The molecule has 0 aliphatic heterocycles. The molecule has 0 aliphatic carbocycles. The first-order valence-electron chi connectivity index (χ1n) is 7.61. The average Bonchev–Trinajstić information content (AvgIpc) is 3.11. The maximum Gasteiger partial charge on any atom is 0.354 e. The van der Waals surface area contributed by atoms with Crippen LogP contribution in [0.2, 0.25) is 0 Å². The molecule has 2 N–H and O–H groups in total. The van der Waals surface area contributed by atoms with Gasteiger partial charge in [-0.25, -0.2) is 4.79 Å². The zero-order valence-electron chi connectivity index (χ0n) is 13.6. The van der Waals surface area contributed by atoms with Crippen molar-refractivity contribution in [3.8, 4) is 0 Å². The third-order valence-corrected chi connectivity index (χ3v) is 4.80. The van der Waals surface area contributed by atoms with E-state index in [0.29, 0.717) is 6.54 Å². The molecular weight excluding hydrogens is 378 g/mol. The molecule has 0 fully saturated rings. The quantitative estimate of drug-likeness (QED) is 0.660. The highest BCUT2D eigenvalue weighted by atomic mass is 79.9. The molecule has 0 saturated carbocycles. The number of hydrogen-bond donors (Lipinski definition) is 2. The summed E-state index contributed by atoms with van der Waals surface area (Å²) < 4.78 is 4.24. The van der Waals surface area contributed by atoms with Crippen LogP contribution in [0.1, 0.15) is 34.7 Å². The average molecular weight is 398 g/mol. The van der Waals surface area contributed by atoms with Gasteiger partial charge in [0.2, 0.25) is 5.91 Å². The molecule has 0 unspecified atom stereocenters. The molecule has 2 aromatic rings. The van der Waals surface area contributed by atoms with E-state index in [9.17, 15) is 9.59 Å². The number of nitrogens with one attached hydrogen (secondary N) is 1. The van der Waals surface area contributed by atoms with E-state index < -0.39 is 5.97 Å². The number of rotatable bonds is 8. The van der Waals surface area contributed by atoms with Crippen LogP contribution in [0.15, 0.2) is 16.7 Å². The van der Waals surface area contributed by atoms with Crippen LogP contribution < -0.4 is 5.32 Å². The largest absolute Gasteiger partial charge is 0.477 e. The van der Waals surface area contributed by atoms with E-state index in [4.69, 9.17) is 5.11 Å². The summed E-state index contributed by atoms with van der Waals surface area (Å²) in [5, 5.41) is 20.1. The summed E-state index contributed by atoms with van der Waals surface area (Å²) in [5.74, 6) is -1.18. The topological polar surface area (TPSA) is 102 Å². The SMILES string of the molecule is Cc1nn(CCCNC(=O)CCn2nccc2C(=O)O)c(C)c1Br. The van der Waals surface area contributed by atoms with E-state index in [-0.39, 0.29) is 24.6 Å². The van der Waals surface area contributed by atoms with Crippen molar-refractivity contribution in [2.45, 2.75) is 39.8 Å². The third-order valence-electron chi connectivity index (χ3n) is 3.65. The summed E-state index contributed by atoms with van der Waals surface area (Å²) in [4.78, 5) is 22.8. The number of nitrogens with zero attached hydrogens (tertiary/aromatic N) is 4. The Hall–Kier alpha value is -2.16. The van der Waals surface area contributed by atoms with Gasteiger partial charge in [-0.1, -0.05) is 0 Å². The van der Waals surface area contributed by atoms with Crippen molar-refractivity contribution < 1.29 is 14.7 Å². The van der Waals surface area contributed by atoms with Gasteiger partial charge in [0.25, 0.3) is 0 Å². The molecule has 0 aliphatic rings. The monoisotopic (exact) mass is 397 g/mol. The molecule has 8 nitrogen and oxygen atoms in total. The number of aromatic nitrogens is 4. The Labute approximate surface area is 148 Å². The first kappa shape index (κ1) is 18.2. The Morgan fingerprint density at radius 2 is 2.04 bits per heavy atom. The number of carboxylic acid groups (broad SMARTS) is 1. The van der Waals surface area contributed by atoms with Gasteiger partial charge in [-0.05, 0) is 42.3 Å². The number of carboxylic acids is 1. The zero-order chi connectivity index (χ0) is 17.7. The van der Waals surface area contributed by atoms with E-state index >= 15 is 0 Å². The van der Waals surface area contributed by atoms with Crippen molar-refractivity contribution in [3.63, 3.8) is 0 Å². The molecule has 2 heterocycles. The zero-order valence-corrected chi connectivity index (χ0v) is 15.2. The van der Waals surface area contributed by atoms with Crippen LogP contribution >= 0.6 is 15.9 Å². The molecule has 0 aromatic carbocycles. The van der Waals surface area contributed by atoms with E-state index in [1.165, 1.54) is 16.9 Å². The lowest BCUT2D eigenvalue weighted by Gasteiger charge is -2.08. The van der Waals surface area contributed by atoms with E-state index in [2.05, 4.69) is 31.4 Å². The number of carbonyl (C=O) groups excluding carboxylic acids is 1. The second-order valence-electron chi connectivity index (χ2n) is 5.41. The predicted octanol–water partition coefficient (Wildman–Crippen LogP) is 1.75. The highest BCUT2D eigenvalue weighted by molar-refractivity contribution is 9.10. The van der Waals surface area contributed by atoms with E-state index in [0.717, 1.165) is 28.8 Å². The minimum absolute atomic E-state index is 0.0814. The molecule has 1 amide bonds. The predicted molar refractivity (Wildman–Crippen MR) is 90.8 cm³/mol. The minimum atomic E-state index is -1.05. The molecule has 0 radical (unpaired) electrons.